The molecule has 4 rings (SSSR count). The Balaban J connectivity index is 1.88. The third kappa shape index (κ3) is 2.28. The number of halogens is 2. The fourth-order valence-corrected chi connectivity index (χ4v) is 4.42. The monoisotopic (exact) mass is 370 g/mol. The Morgan fingerprint density at radius 2 is 1.96 bits per heavy atom. The summed E-state index contributed by atoms with van der Waals surface area (Å²) >= 11 is 6.18. The molecule has 0 aromatic heterocycles. The molecule has 0 radical (unpaired) electrons. The van der Waals surface area contributed by atoms with Gasteiger partial charge in [-0.2, -0.15) is 0 Å². The average molecular weight is 371 g/mol. The minimum Gasteiger partial charge on any atom is -0.344 e. The first kappa shape index (κ1) is 17.1. The zero-order valence-corrected chi connectivity index (χ0v) is 15.5. The van der Waals surface area contributed by atoms with E-state index in [1.165, 1.54) is 6.07 Å². The molecular formula is C21H20ClFN2O. The van der Waals surface area contributed by atoms with Crippen LogP contribution >= 0.6 is 11.6 Å². The van der Waals surface area contributed by atoms with Crippen molar-refractivity contribution in [2.75, 3.05) is 11.4 Å². The number of benzene rings is 2. The van der Waals surface area contributed by atoms with Gasteiger partial charge in [-0.1, -0.05) is 55.8 Å². The Labute approximate surface area is 157 Å². The molecule has 0 aliphatic carbocycles. The molecule has 1 amide bonds. The van der Waals surface area contributed by atoms with E-state index in [-0.39, 0.29) is 11.7 Å². The van der Waals surface area contributed by atoms with Crippen molar-refractivity contribution < 1.29 is 9.18 Å². The highest BCUT2D eigenvalue weighted by Gasteiger charge is 2.57. The summed E-state index contributed by atoms with van der Waals surface area (Å²) in [7, 11) is 0. The standard InChI is InChI=1S/C21H20ClFN2O/c1-20(2)15-6-3-4-9-18(15)25-13-11-19(26)24-21(20,25)12-10-14-16(22)7-5-8-17(14)23/h3-10,12H,11,13H2,1-2H3,(H,24,26)/b12-10+. The fraction of sp³-hybridized carbons (Fsp3) is 0.286. The molecule has 5 heteroatoms. The first-order chi connectivity index (χ1) is 12.4. The molecule has 1 saturated heterocycles. The maximum absolute atomic E-state index is 14.2. The van der Waals surface area contributed by atoms with E-state index in [9.17, 15) is 9.18 Å². The lowest BCUT2D eigenvalue weighted by Gasteiger charge is -2.49. The van der Waals surface area contributed by atoms with Crippen LogP contribution in [0.1, 0.15) is 31.4 Å². The molecule has 2 aliphatic rings. The molecule has 2 aromatic carbocycles. The molecule has 1 fully saturated rings. The first-order valence-electron chi connectivity index (χ1n) is 8.68. The summed E-state index contributed by atoms with van der Waals surface area (Å²) in [5, 5.41) is 3.52. The second-order valence-corrected chi connectivity index (χ2v) is 7.73. The number of nitrogens with one attached hydrogen (secondary N) is 1. The molecule has 0 bridgehead atoms. The normalized spacial score (nSPS) is 23.7. The zero-order valence-electron chi connectivity index (χ0n) is 14.7. The van der Waals surface area contributed by atoms with Gasteiger partial charge in [0.2, 0.25) is 5.91 Å². The maximum atomic E-state index is 14.2. The van der Waals surface area contributed by atoms with Gasteiger partial charge in [-0.15, -0.1) is 0 Å². The van der Waals surface area contributed by atoms with Gasteiger partial charge in [0.15, 0.2) is 0 Å². The lowest BCUT2D eigenvalue weighted by molar-refractivity contribution is -0.124. The van der Waals surface area contributed by atoms with Gasteiger partial charge < -0.3 is 10.2 Å². The van der Waals surface area contributed by atoms with Gasteiger partial charge in [0.1, 0.15) is 11.5 Å². The smallest absolute Gasteiger partial charge is 0.223 e. The van der Waals surface area contributed by atoms with Crippen molar-refractivity contribution in [3.63, 3.8) is 0 Å². The quantitative estimate of drug-likeness (QED) is 0.843. The molecule has 2 aliphatic heterocycles. The number of hydrogen-bond acceptors (Lipinski definition) is 2. The van der Waals surface area contributed by atoms with Crippen molar-refractivity contribution in [2.45, 2.75) is 31.3 Å². The van der Waals surface area contributed by atoms with Crippen LogP contribution in [0.2, 0.25) is 5.02 Å². The van der Waals surface area contributed by atoms with Gasteiger partial charge >= 0.3 is 0 Å². The first-order valence-corrected chi connectivity index (χ1v) is 9.06. The number of carbonyl (C=O) groups excluding carboxylic acids is 1. The van der Waals surface area contributed by atoms with Gasteiger partial charge in [-0.05, 0) is 29.8 Å². The van der Waals surface area contributed by atoms with E-state index >= 15 is 0 Å². The van der Waals surface area contributed by atoms with E-state index < -0.39 is 11.1 Å². The van der Waals surface area contributed by atoms with E-state index in [1.807, 2.05) is 18.2 Å². The number of carbonyl (C=O) groups is 1. The van der Waals surface area contributed by atoms with E-state index in [0.717, 1.165) is 11.3 Å². The molecular weight excluding hydrogens is 351 g/mol. The van der Waals surface area contributed by atoms with E-state index in [1.54, 1.807) is 18.2 Å². The molecule has 26 heavy (non-hydrogen) atoms. The van der Waals surface area contributed by atoms with Gasteiger partial charge in [0.25, 0.3) is 0 Å². The van der Waals surface area contributed by atoms with Gasteiger partial charge in [-0.3, -0.25) is 4.79 Å². The Morgan fingerprint density at radius 1 is 1.19 bits per heavy atom. The molecule has 1 atom stereocenters. The molecule has 0 spiro atoms. The number of para-hydroxylation sites is 1. The third-order valence-electron chi connectivity index (χ3n) is 5.63. The lowest BCUT2D eigenvalue weighted by Crippen LogP contribution is -2.68. The van der Waals surface area contributed by atoms with Crippen molar-refractivity contribution >= 4 is 29.3 Å². The minimum atomic E-state index is -0.766. The van der Waals surface area contributed by atoms with Crippen LogP contribution in [-0.4, -0.2) is 18.1 Å². The minimum absolute atomic E-state index is 0.00795. The highest BCUT2D eigenvalue weighted by atomic mass is 35.5. The van der Waals surface area contributed by atoms with E-state index in [2.05, 4.69) is 36.2 Å². The number of nitrogens with zero attached hydrogens (tertiary/aromatic N) is 1. The zero-order chi connectivity index (χ0) is 18.5. The van der Waals surface area contributed by atoms with Crippen LogP contribution in [-0.2, 0) is 10.2 Å². The highest BCUT2D eigenvalue weighted by Crippen LogP contribution is 2.52. The van der Waals surface area contributed by atoms with Gasteiger partial charge in [0, 0.05) is 29.6 Å². The Bertz CT molecular complexity index is 904. The summed E-state index contributed by atoms with van der Waals surface area (Å²) < 4.78 is 14.2. The molecule has 0 saturated carbocycles. The molecule has 2 aromatic rings. The summed E-state index contributed by atoms with van der Waals surface area (Å²) in [6.45, 7) is 4.82. The van der Waals surface area contributed by atoms with Crippen LogP contribution in [0.15, 0.2) is 48.5 Å². The summed E-state index contributed by atoms with van der Waals surface area (Å²) in [6, 6.07) is 12.8. The van der Waals surface area contributed by atoms with Crippen LogP contribution in [0.3, 0.4) is 0 Å². The molecule has 1 N–H and O–H groups in total. The van der Waals surface area contributed by atoms with Crippen LogP contribution < -0.4 is 10.2 Å². The van der Waals surface area contributed by atoms with Crippen molar-refractivity contribution in [1.82, 2.24) is 5.32 Å². The summed E-state index contributed by atoms with van der Waals surface area (Å²) in [5.41, 5.74) is 1.43. The Hall–Kier alpha value is -2.33. The third-order valence-corrected chi connectivity index (χ3v) is 5.96. The van der Waals surface area contributed by atoms with E-state index in [0.29, 0.717) is 23.6 Å². The SMILES string of the molecule is CC1(C)c2ccccc2N2CCC(=O)NC21/C=C/c1c(F)cccc1Cl. The Morgan fingerprint density at radius 3 is 2.73 bits per heavy atom. The average Bonchev–Trinajstić information content (AvgIpc) is 2.79. The topological polar surface area (TPSA) is 32.3 Å². The summed E-state index contributed by atoms with van der Waals surface area (Å²) in [5.74, 6) is -0.390. The molecule has 2 heterocycles. The molecule has 134 valence electrons. The number of fused-ring (bicyclic) bond motifs is 3. The van der Waals surface area contributed by atoms with Crippen LogP contribution in [0.25, 0.3) is 6.08 Å². The predicted octanol–water partition coefficient (Wildman–Crippen LogP) is 4.51. The second-order valence-electron chi connectivity index (χ2n) is 7.33. The largest absolute Gasteiger partial charge is 0.344 e. The Kier molecular flexibility index (Phi) is 3.85. The van der Waals surface area contributed by atoms with Crippen molar-refractivity contribution in [3.05, 3.63) is 70.5 Å². The van der Waals surface area contributed by atoms with E-state index in [4.69, 9.17) is 11.6 Å². The van der Waals surface area contributed by atoms with Crippen LogP contribution in [0.4, 0.5) is 10.1 Å². The number of rotatable bonds is 2. The second kappa shape index (κ2) is 5.85. The maximum Gasteiger partial charge on any atom is 0.223 e. The highest BCUT2D eigenvalue weighted by molar-refractivity contribution is 6.32. The molecule has 3 nitrogen and oxygen atoms in total. The lowest BCUT2D eigenvalue weighted by atomic mass is 9.74. The van der Waals surface area contributed by atoms with Gasteiger partial charge in [0.05, 0.1) is 5.02 Å². The number of anilines is 1. The molecule has 1 unspecified atom stereocenters. The fourth-order valence-electron chi connectivity index (χ4n) is 4.19. The van der Waals surface area contributed by atoms with Crippen LogP contribution in [0.5, 0.6) is 0 Å². The number of amides is 1. The summed E-state index contributed by atoms with van der Waals surface area (Å²) in [6.07, 6.45) is 4.00. The summed E-state index contributed by atoms with van der Waals surface area (Å²) in [4.78, 5) is 14.5. The van der Waals surface area contributed by atoms with Crippen molar-refractivity contribution in [3.8, 4) is 0 Å². The van der Waals surface area contributed by atoms with Crippen molar-refractivity contribution in [2.24, 2.45) is 0 Å². The van der Waals surface area contributed by atoms with Crippen LogP contribution in [0, 0.1) is 5.82 Å². The van der Waals surface area contributed by atoms with Gasteiger partial charge in [-0.25, -0.2) is 4.39 Å². The predicted molar refractivity (Wildman–Crippen MR) is 103 cm³/mol. The van der Waals surface area contributed by atoms with Crippen molar-refractivity contribution in [1.29, 1.82) is 0 Å². The number of hydrogen-bond donors (Lipinski definition) is 1.